The number of hydrogen-bond donors (Lipinski definition) is 1. The lowest BCUT2D eigenvalue weighted by molar-refractivity contribution is -0.165. The van der Waals surface area contributed by atoms with Gasteiger partial charge in [0.2, 0.25) is 5.88 Å². The summed E-state index contributed by atoms with van der Waals surface area (Å²) in [6.45, 7) is 3.32. The molecule has 1 saturated heterocycles. The first kappa shape index (κ1) is 23.0. The second-order valence-electron chi connectivity index (χ2n) is 7.41. The van der Waals surface area contributed by atoms with Crippen LogP contribution in [0.4, 0.5) is 0 Å². The van der Waals surface area contributed by atoms with Crippen LogP contribution in [0.3, 0.4) is 0 Å². The molecule has 0 aromatic carbocycles. The average Bonchev–Trinajstić information content (AvgIpc) is 3.08. The van der Waals surface area contributed by atoms with E-state index in [9.17, 15) is 19.5 Å². The van der Waals surface area contributed by atoms with Crippen LogP contribution in [0.25, 0.3) is 17.0 Å². The lowest BCUT2D eigenvalue weighted by Crippen LogP contribution is -2.41. The van der Waals surface area contributed by atoms with Crippen LogP contribution in [0.1, 0.15) is 20.8 Å². The predicted octanol–water partition coefficient (Wildman–Crippen LogP) is -0.0132. The quantitative estimate of drug-likeness (QED) is 0.302. The van der Waals surface area contributed by atoms with Gasteiger partial charge in [-0.2, -0.15) is 0 Å². The van der Waals surface area contributed by atoms with Crippen LogP contribution in [-0.2, 0) is 33.3 Å². The van der Waals surface area contributed by atoms with Gasteiger partial charge in [0.25, 0.3) is 0 Å². The van der Waals surface area contributed by atoms with Crippen molar-refractivity contribution < 1.29 is 38.4 Å². The Kier molecular flexibility index (Phi) is 6.36. The van der Waals surface area contributed by atoms with Gasteiger partial charge in [0.05, 0.1) is 0 Å². The van der Waals surface area contributed by atoms with Gasteiger partial charge in [-0.3, -0.25) is 18.8 Å². The van der Waals surface area contributed by atoms with Gasteiger partial charge in [0.1, 0.15) is 24.6 Å². The number of esters is 3. The molecular formula is C21H21N5O8. The Labute approximate surface area is 192 Å². The minimum absolute atomic E-state index is 0.0374. The summed E-state index contributed by atoms with van der Waals surface area (Å²) in [5.74, 6) is -1.80. The van der Waals surface area contributed by atoms with E-state index >= 15 is 0 Å². The molecule has 4 atom stereocenters. The van der Waals surface area contributed by atoms with Gasteiger partial charge in [-0.15, -0.1) is 0 Å². The maximum Gasteiger partial charge on any atom is 0.303 e. The van der Waals surface area contributed by atoms with E-state index in [-0.39, 0.29) is 23.7 Å². The van der Waals surface area contributed by atoms with Crippen LogP contribution in [0.5, 0.6) is 5.88 Å². The smallest absolute Gasteiger partial charge is 0.303 e. The molecule has 3 aliphatic heterocycles. The zero-order valence-corrected chi connectivity index (χ0v) is 18.4. The molecule has 1 aromatic heterocycles. The molecule has 178 valence electrons. The highest BCUT2D eigenvalue weighted by Gasteiger charge is 2.50. The first-order valence-electron chi connectivity index (χ1n) is 10.2. The van der Waals surface area contributed by atoms with E-state index in [4.69, 9.17) is 18.9 Å². The van der Waals surface area contributed by atoms with Crippen LogP contribution in [-0.4, -0.2) is 73.5 Å². The Balaban J connectivity index is 1.80. The van der Waals surface area contributed by atoms with Crippen molar-refractivity contribution in [2.24, 2.45) is 4.99 Å². The second kappa shape index (κ2) is 9.39. The summed E-state index contributed by atoms with van der Waals surface area (Å²) in [6, 6.07) is 5.16. The zero-order chi connectivity index (χ0) is 24.4. The summed E-state index contributed by atoms with van der Waals surface area (Å²) >= 11 is 0. The standard InChI is InChI=1S/C21H21N5O8/c1-10(27)31-8-14-16(32-11(2)28)17(33-12(3)29)21(34-14)25-18-15-19(23-9-22-18)26-7-5-4-6-13(26)20(30)24-15/h4-7,9,14,16-17,21,30H,8H2,1-3H3/b25-18-/t14-,16-,17-,21-/m1/s1. The normalized spacial score (nSPS) is 22.6. The van der Waals surface area contributed by atoms with Gasteiger partial charge >= 0.3 is 17.9 Å². The number of nitrogens with zero attached hydrogens (tertiary/aromatic N) is 5. The van der Waals surface area contributed by atoms with Gasteiger partial charge in [-0.1, -0.05) is 6.07 Å². The molecule has 0 saturated carbocycles. The molecule has 0 amide bonds. The van der Waals surface area contributed by atoms with Crippen LogP contribution in [0, 0.1) is 0 Å². The third kappa shape index (κ3) is 4.64. The highest BCUT2D eigenvalue weighted by atomic mass is 16.7. The van der Waals surface area contributed by atoms with Crippen molar-refractivity contribution in [3.8, 4) is 17.4 Å². The first-order valence-corrected chi connectivity index (χ1v) is 10.2. The molecule has 0 unspecified atom stereocenters. The number of aromatic hydroxyl groups is 1. The maximum absolute atomic E-state index is 11.8. The molecule has 3 aliphatic rings. The molecule has 0 bridgehead atoms. The van der Waals surface area contributed by atoms with Gasteiger partial charge < -0.3 is 24.1 Å². The number of aromatic nitrogens is 4. The van der Waals surface area contributed by atoms with E-state index in [0.717, 1.165) is 0 Å². The van der Waals surface area contributed by atoms with Crippen molar-refractivity contribution in [1.82, 2.24) is 19.4 Å². The lowest BCUT2D eigenvalue weighted by Gasteiger charge is -2.22. The molecule has 34 heavy (non-hydrogen) atoms. The summed E-state index contributed by atoms with van der Waals surface area (Å²) in [7, 11) is 0. The van der Waals surface area contributed by atoms with Crippen molar-refractivity contribution in [2.75, 3.05) is 6.61 Å². The molecule has 1 aromatic rings. The number of pyridine rings is 1. The number of ether oxygens (including phenoxy) is 4. The van der Waals surface area contributed by atoms with Gasteiger partial charge in [-0.05, 0) is 12.1 Å². The molecule has 4 rings (SSSR count). The van der Waals surface area contributed by atoms with Crippen molar-refractivity contribution in [1.29, 1.82) is 0 Å². The molecule has 0 radical (unpaired) electrons. The van der Waals surface area contributed by atoms with Crippen LogP contribution in [0.15, 0.2) is 35.7 Å². The highest BCUT2D eigenvalue weighted by Crippen LogP contribution is 2.29. The molecule has 13 nitrogen and oxygen atoms in total. The van der Waals surface area contributed by atoms with Crippen molar-refractivity contribution >= 4 is 23.4 Å². The monoisotopic (exact) mass is 471 g/mol. The summed E-state index contributed by atoms with van der Waals surface area (Å²) in [5, 5.41) is 10.4. The van der Waals surface area contributed by atoms with Gasteiger partial charge in [0, 0.05) is 27.0 Å². The SMILES string of the molecule is CC(=O)OC[C@H]1O[C@@H](/N=c2\ncnc3n4ccccc4c(O)nc2-3)[C@H](OC(C)=O)[C@@H]1OC(C)=O. The minimum Gasteiger partial charge on any atom is -0.492 e. The number of hydrogen-bond acceptors (Lipinski definition) is 12. The van der Waals surface area contributed by atoms with Gasteiger partial charge in [0.15, 0.2) is 35.4 Å². The van der Waals surface area contributed by atoms with Crippen molar-refractivity contribution in [2.45, 2.75) is 45.3 Å². The summed E-state index contributed by atoms with van der Waals surface area (Å²) in [6.07, 6.45) is -1.46. The third-order valence-corrected chi connectivity index (χ3v) is 4.91. The Morgan fingerprint density at radius 2 is 1.82 bits per heavy atom. The first-order chi connectivity index (χ1) is 16.2. The van der Waals surface area contributed by atoms with E-state index < -0.39 is 42.4 Å². The molecule has 4 heterocycles. The maximum atomic E-state index is 11.8. The van der Waals surface area contributed by atoms with Crippen molar-refractivity contribution in [3.05, 3.63) is 36.2 Å². The topological polar surface area (TPSA) is 164 Å². The number of rotatable bonds is 5. The molecular weight excluding hydrogens is 450 g/mol. The number of carbonyl (C=O) groups excluding carboxylic acids is 3. The number of carbonyl (C=O) groups is 3. The van der Waals surface area contributed by atoms with E-state index in [1.54, 1.807) is 28.8 Å². The predicted molar refractivity (Wildman–Crippen MR) is 111 cm³/mol. The van der Waals surface area contributed by atoms with Crippen LogP contribution in [0.2, 0.25) is 0 Å². The largest absolute Gasteiger partial charge is 0.492 e. The molecule has 1 N–H and O–H groups in total. The summed E-state index contributed by atoms with van der Waals surface area (Å²) < 4.78 is 23.2. The Morgan fingerprint density at radius 1 is 1.09 bits per heavy atom. The fourth-order valence-corrected chi connectivity index (χ4v) is 3.62. The Bertz CT molecular complexity index is 1290. The fourth-order valence-electron chi connectivity index (χ4n) is 3.62. The van der Waals surface area contributed by atoms with E-state index in [1.165, 1.54) is 27.1 Å². The Morgan fingerprint density at radius 3 is 2.53 bits per heavy atom. The molecule has 1 fully saturated rings. The molecule has 0 aliphatic carbocycles. The lowest BCUT2D eigenvalue weighted by atomic mass is 10.1. The van der Waals surface area contributed by atoms with E-state index in [1.807, 2.05) is 0 Å². The second-order valence-corrected chi connectivity index (χ2v) is 7.41. The number of fused-ring (bicyclic) bond motifs is 3. The Hall–Kier alpha value is -4.13. The highest BCUT2D eigenvalue weighted by molar-refractivity contribution is 5.68. The third-order valence-electron chi connectivity index (χ3n) is 4.91. The molecule has 0 spiro atoms. The van der Waals surface area contributed by atoms with Crippen molar-refractivity contribution in [3.63, 3.8) is 0 Å². The summed E-state index contributed by atoms with van der Waals surface area (Å²) in [4.78, 5) is 51.8. The van der Waals surface area contributed by atoms with Gasteiger partial charge in [-0.25, -0.2) is 19.9 Å². The summed E-state index contributed by atoms with van der Waals surface area (Å²) in [5.41, 5.74) is 0.614. The minimum atomic E-state index is -1.19. The average molecular weight is 471 g/mol. The van der Waals surface area contributed by atoms with E-state index in [0.29, 0.717) is 11.3 Å². The molecule has 13 heteroatoms. The van der Waals surface area contributed by atoms with Crippen LogP contribution >= 0.6 is 0 Å². The fraction of sp³-hybridized carbons (Fsp3) is 0.381. The van der Waals surface area contributed by atoms with Crippen LogP contribution < -0.4 is 5.49 Å². The van der Waals surface area contributed by atoms with E-state index in [2.05, 4.69) is 19.9 Å². The zero-order valence-electron chi connectivity index (χ0n) is 18.4.